The third-order valence-corrected chi connectivity index (χ3v) is 4.22. The average Bonchev–Trinajstić information content (AvgIpc) is 2.59. The van der Waals surface area contributed by atoms with Gasteiger partial charge in [-0.2, -0.15) is 0 Å². The molecule has 2 heterocycles. The lowest BCUT2D eigenvalue weighted by molar-refractivity contribution is 0.479. The molecule has 9 heteroatoms. The maximum absolute atomic E-state index is 11.8. The number of nitrogens with one attached hydrogen (secondary N) is 2. The summed E-state index contributed by atoms with van der Waals surface area (Å²) in [7, 11) is 0. The molecule has 1 aliphatic rings. The van der Waals surface area contributed by atoms with Gasteiger partial charge in [0.2, 0.25) is 0 Å². The fourth-order valence-electron chi connectivity index (χ4n) is 2.38. The standard InChI is InChI=1S/C17H17Cl2N5O2/c1-9(2)12-5-11(6-22-17(12)25)26-16-13(18)3-10(4-14(16)19)24-8-21-7-15(20)23-24/h3-9,23H,20H2,1-2H3,(H,22,25). The van der Waals surface area contributed by atoms with Crippen LogP contribution in [-0.4, -0.2) is 11.3 Å². The van der Waals surface area contributed by atoms with Crippen LogP contribution in [0.2, 0.25) is 10.0 Å². The zero-order chi connectivity index (χ0) is 18.8. The molecule has 4 N–H and O–H groups in total. The summed E-state index contributed by atoms with van der Waals surface area (Å²) in [6, 6.07) is 5.00. The van der Waals surface area contributed by atoms with Crippen molar-refractivity contribution in [2.75, 3.05) is 5.01 Å². The van der Waals surface area contributed by atoms with Crippen LogP contribution in [0.3, 0.4) is 0 Å². The fraction of sp³-hybridized carbons (Fsp3) is 0.176. The number of aliphatic imine (C=N–C) groups is 1. The molecule has 0 fully saturated rings. The van der Waals surface area contributed by atoms with Gasteiger partial charge >= 0.3 is 0 Å². The summed E-state index contributed by atoms with van der Waals surface area (Å²) >= 11 is 12.7. The maximum atomic E-state index is 11.8. The van der Waals surface area contributed by atoms with Gasteiger partial charge in [-0.3, -0.25) is 10.2 Å². The van der Waals surface area contributed by atoms with Crippen LogP contribution in [0.25, 0.3) is 0 Å². The van der Waals surface area contributed by atoms with E-state index in [0.29, 0.717) is 32.9 Å². The number of nitrogens with zero attached hydrogens (tertiary/aromatic N) is 2. The molecule has 1 aromatic heterocycles. The number of hydrogen-bond donors (Lipinski definition) is 3. The lowest BCUT2D eigenvalue weighted by atomic mass is 10.1. The highest BCUT2D eigenvalue weighted by Gasteiger charge is 2.16. The second-order valence-electron chi connectivity index (χ2n) is 5.95. The molecule has 0 spiro atoms. The normalized spacial score (nSPS) is 13.6. The summed E-state index contributed by atoms with van der Waals surface area (Å²) in [6.45, 7) is 3.85. The smallest absolute Gasteiger partial charge is 0.251 e. The number of pyridine rings is 1. The summed E-state index contributed by atoms with van der Waals surface area (Å²) in [5.74, 6) is 1.17. The van der Waals surface area contributed by atoms with Gasteiger partial charge in [0, 0.05) is 11.8 Å². The van der Waals surface area contributed by atoms with Crippen LogP contribution in [-0.2, 0) is 0 Å². The SMILES string of the molecule is CC(C)c1cc(Oc2c(Cl)cc(N3C=NC=C(N)N3)cc2Cl)c[nH]c1=O. The monoisotopic (exact) mass is 393 g/mol. The zero-order valence-electron chi connectivity index (χ0n) is 14.1. The first-order valence-corrected chi connectivity index (χ1v) is 8.55. The van der Waals surface area contributed by atoms with Gasteiger partial charge in [-0.25, -0.2) is 10.0 Å². The number of anilines is 1. The lowest BCUT2D eigenvalue weighted by Crippen LogP contribution is -2.40. The van der Waals surface area contributed by atoms with Crippen molar-refractivity contribution >= 4 is 35.2 Å². The second kappa shape index (κ2) is 7.31. The topological polar surface area (TPSA) is 95.7 Å². The lowest BCUT2D eigenvalue weighted by Gasteiger charge is -2.24. The van der Waals surface area contributed by atoms with Crippen LogP contribution >= 0.6 is 23.2 Å². The second-order valence-corrected chi connectivity index (χ2v) is 6.76. The van der Waals surface area contributed by atoms with E-state index >= 15 is 0 Å². The Kier molecular flexibility index (Phi) is 5.11. The van der Waals surface area contributed by atoms with E-state index in [1.165, 1.54) is 18.7 Å². The Morgan fingerprint density at radius 1 is 1.23 bits per heavy atom. The molecule has 0 saturated heterocycles. The van der Waals surface area contributed by atoms with Crippen molar-refractivity contribution in [3.63, 3.8) is 0 Å². The minimum atomic E-state index is -0.152. The number of benzene rings is 1. The van der Waals surface area contributed by atoms with E-state index in [0.717, 1.165) is 0 Å². The molecule has 2 aromatic rings. The third kappa shape index (κ3) is 3.79. The van der Waals surface area contributed by atoms with Crippen LogP contribution in [0.4, 0.5) is 5.69 Å². The molecular formula is C17H17Cl2N5O2. The number of hydrogen-bond acceptors (Lipinski definition) is 6. The van der Waals surface area contributed by atoms with E-state index in [2.05, 4.69) is 15.4 Å². The van der Waals surface area contributed by atoms with Gasteiger partial charge < -0.3 is 15.5 Å². The van der Waals surface area contributed by atoms with Crippen molar-refractivity contribution in [3.8, 4) is 11.5 Å². The van der Waals surface area contributed by atoms with E-state index in [4.69, 9.17) is 33.7 Å². The number of nitrogens with two attached hydrogens (primary N) is 1. The van der Waals surface area contributed by atoms with Gasteiger partial charge in [0.05, 0.1) is 21.9 Å². The zero-order valence-corrected chi connectivity index (χ0v) is 15.6. The first-order valence-electron chi connectivity index (χ1n) is 7.79. The highest BCUT2D eigenvalue weighted by Crippen LogP contribution is 2.39. The molecule has 0 saturated carbocycles. The van der Waals surface area contributed by atoms with Crippen molar-refractivity contribution in [1.82, 2.24) is 10.4 Å². The Balaban J connectivity index is 1.90. The van der Waals surface area contributed by atoms with Crippen molar-refractivity contribution < 1.29 is 4.74 Å². The van der Waals surface area contributed by atoms with Crippen LogP contribution in [0.5, 0.6) is 11.5 Å². The van der Waals surface area contributed by atoms with E-state index in [-0.39, 0.29) is 17.2 Å². The number of hydrazine groups is 1. The molecule has 0 amide bonds. The Morgan fingerprint density at radius 3 is 2.54 bits per heavy atom. The van der Waals surface area contributed by atoms with E-state index in [1.807, 2.05) is 13.8 Å². The summed E-state index contributed by atoms with van der Waals surface area (Å²) in [4.78, 5) is 18.5. The van der Waals surface area contributed by atoms with Gasteiger partial charge in [-0.15, -0.1) is 0 Å². The van der Waals surface area contributed by atoms with Gasteiger partial charge in [-0.05, 0) is 24.1 Å². The molecule has 0 atom stereocenters. The molecule has 26 heavy (non-hydrogen) atoms. The van der Waals surface area contributed by atoms with Crippen LogP contribution < -0.4 is 26.5 Å². The van der Waals surface area contributed by atoms with Gasteiger partial charge in [0.15, 0.2) is 5.75 Å². The first kappa shape index (κ1) is 18.2. The number of rotatable bonds is 4. The third-order valence-electron chi connectivity index (χ3n) is 3.65. The average molecular weight is 394 g/mol. The molecule has 0 unspecified atom stereocenters. The van der Waals surface area contributed by atoms with E-state index in [9.17, 15) is 4.79 Å². The molecule has 0 bridgehead atoms. The van der Waals surface area contributed by atoms with Crippen molar-refractivity contribution in [1.29, 1.82) is 0 Å². The number of H-pyrrole nitrogens is 1. The first-order chi connectivity index (χ1) is 12.3. The Labute approximate surface area is 160 Å². The predicted molar refractivity (Wildman–Crippen MR) is 104 cm³/mol. The number of aromatic amines is 1. The summed E-state index contributed by atoms with van der Waals surface area (Å²) in [5, 5.41) is 2.18. The predicted octanol–water partition coefficient (Wildman–Crippen LogP) is 3.71. The van der Waals surface area contributed by atoms with Crippen LogP contribution in [0, 0.1) is 0 Å². The van der Waals surface area contributed by atoms with Crippen LogP contribution in [0.1, 0.15) is 25.3 Å². The molecule has 3 rings (SSSR count). The number of aromatic nitrogens is 1. The number of ether oxygens (including phenoxy) is 1. The van der Waals surface area contributed by atoms with Crippen molar-refractivity contribution in [3.05, 3.63) is 62.4 Å². The fourth-order valence-corrected chi connectivity index (χ4v) is 2.93. The molecule has 136 valence electrons. The Bertz CT molecular complexity index is 929. The Hall–Kier alpha value is -2.64. The van der Waals surface area contributed by atoms with E-state index in [1.54, 1.807) is 23.2 Å². The summed E-state index contributed by atoms with van der Waals surface area (Å²) in [6.07, 6.45) is 4.49. The highest BCUT2D eigenvalue weighted by atomic mass is 35.5. The quantitative estimate of drug-likeness (QED) is 0.735. The molecule has 0 aliphatic carbocycles. The van der Waals surface area contributed by atoms with Gasteiger partial charge in [0.1, 0.15) is 17.9 Å². The number of halogens is 2. The largest absolute Gasteiger partial charge is 0.453 e. The van der Waals surface area contributed by atoms with Crippen molar-refractivity contribution in [2.24, 2.45) is 10.7 Å². The molecule has 1 aromatic carbocycles. The molecule has 7 nitrogen and oxygen atoms in total. The summed E-state index contributed by atoms with van der Waals surface area (Å²) in [5.41, 5.74) is 9.70. The minimum Gasteiger partial charge on any atom is -0.453 e. The highest BCUT2D eigenvalue weighted by molar-refractivity contribution is 6.37. The van der Waals surface area contributed by atoms with Crippen LogP contribution in [0.15, 0.2) is 46.2 Å². The van der Waals surface area contributed by atoms with Gasteiger partial charge in [-0.1, -0.05) is 37.0 Å². The molecule has 0 radical (unpaired) electrons. The van der Waals surface area contributed by atoms with Gasteiger partial charge in [0.25, 0.3) is 5.56 Å². The summed E-state index contributed by atoms with van der Waals surface area (Å²) < 4.78 is 5.81. The van der Waals surface area contributed by atoms with E-state index < -0.39 is 0 Å². The Morgan fingerprint density at radius 2 is 1.92 bits per heavy atom. The maximum Gasteiger partial charge on any atom is 0.251 e. The molecular weight excluding hydrogens is 377 g/mol. The molecule has 1 aliphatic heterocycles. The van der Waals surface area contributed by atoms with Crippen molar-refractivity contribution in [2.45, 2.75) is 19.8 Å². The minimum absolute atomic E-state index is 0.0543.